The molecule has 2 amide bonds. The van der Waals surface area contributed by atoms with Crippen LogP contribution in [0.25, 0.3) is 0 Å². The van der Waals surface area contributed by atoms with Gasteiger partial charge >= 0.3 is 0 Å². The molecule has 0 spiro atoms. The maximum atomic E-state index is 13.8. The van der Waals surface area contributed by atoms with Gasteiger partial charge in [-0.25, -0.2) is 8.78 Å². The first-order valence-corrected chi connectivity index (χ1v) is 10.6. The van der Waals surface area contributed by atoms with Gasteiger partial charge in [-0.3, -0.25) is 9.59 Å². The van der Waals surface area contributed by atoms with Crippen molar-refractivity contribution in [3.05, 3.63) is 93.2 Å². The van der Waals surface area contributed by atoms with Crippen LogP contribution in [0.5, 0.6) is 0 Å². The number of hydrogen-bond acceptors (Lipinski definition) is 3. The van der Waals surface area contributed by atoms with E-state index in [9.17, 15) is 18.4 Å². The fourth-order valence-electron chi connectivity index (χ4n) is 3.78. The van der Waals surface area contributed by atoms with Crippen LogP contribution in [0, 0.1) is 11.6 Å². The van der Waals surface area contributed by atoms with Gasteiger partial charge in [-0.15, -0.1) is 11.3 Å². The Morgan fingerprint density at radius 2 is 1.90 bits per heavy atom. The molecule has 0 radical (unpaired) electrons. The predicted octanol–water partition coefficient (Wildman–Crippen LogP) is 4.32. The quantitative estimate of drug-likeness (QED) is 0.661. The van der Waals surface area contributed by atoms with E-state index in [-0.39, 0.29) is 30.5 Å². The molecule has 1 atom stereocenters. The van der Waals surface area contributed by atoms with E-state index in [2.05, 4.69) is 11.4 Å². The Hall–Kier alpha value is -3.06. The summed E-state index contributed by atoms with van der Waals surface area (Å²) in [5.41, 5.74) is 1.94. The van der Waals surface area contributed by atoms with Crippen molar-refractivity contribution in [3.8, 4) is 0 Å². The first-order valence-electron chi connectivity index (χ1n) is 9.68. The van der Waals surface area contributed by atoms with Gasteiger partial charge in [0.2, 0.25) is 5.91 Å². The molecule has 3 aromatic rings. The number of nitrogens with one attached hydrogen (secondary N) is 1. The van der Waals surface area contributed by atoms with E-state index < -0.39 is 17.5 Å². The minimum absolute atomic E-state index is 0.0724. The molecule has 154 valence electrons. The minimum atomic E-state index is -0.927. The molecule has 1 aromatic heterocycles. The molecule has 1 N–H and O–H groups in total. The molecule has 0 aliphatic carbocycles. The number of carbonyl (C=O) groups is 2. The average molecular weight is 426 g/mol. The molecule has 1 unspecified atom stereocenters. The second kappa shape index (κ2) is 8.75. The van der Waals surface area contributed by atoms with Crippen LogP contribution in [-0.4, -0.2) is 29.8 Å². The molecule has 2 heterocycles. The first-order chi connectivity index (χ1) is 14.5. The number of thiophene rings is 1. The van der Waals surface area contributed by atoms with Gasteiger partial charge in [0, 0.05) is 30.5 Å². The largest absolute Gasteiger partial charge is 0.351 e. The van der Waals surface area contributed by atoms with Gasteiger partial charge in [0.25, 0.3) is 5.91 Å². The monoisotopic (exact) mass is 426 g/mol. The van der Waals surface area contributed by atoms with Gasteiger partial charge in [0.05, 0.1) is 11.6 Å². The molecule has 4 nitrogen and oxygen atoms in total. The fraction of sp³-hybridized carbons (Fsp3) is 0.217. The lowest BCUT2D eigenvalue weighted by atomic mass is 9.93. The van der Waals surface area contributed by atoms with Crippen LogP contribution < -0.4 is 5.32 Å². The number of benzene rings is 2. The van der Waals surface area contributed by atoms with Crippen molar-refractivity contribution in [2.75, 3.05) is 13.1 Å². The van der Waals surface area contributed by atoms with E-state index in [1.165, 1.54) is 4.88 Å². The standard InChI is InChI=1S/C23H20F2N2O2S/c24-16-6-7-17(19(25)14-16)23(29)26-11-8-21(28)27-12-9-20-18(10-13-30-20)22(27)15-4-2-1-3-5-15/h1-7,10,13-14,22H,8-9,11-12H2,(H,26,29). The van der Waals surface area contributed by atoms with Crippen molar-refractivity contribution in [3.63, 3.8) is 0 Å². The van der Waals surface area contributed by atoms with E-state index in [1.54, 1.807) is 11.3 Å². The Morgan fingerprint density at radius 1 is 1.10 bits per heavy atom. The summed E-state index contributed by atoms with van der Waals surface area (Å²) < 4.78 is 26.8. The SMILES string of the molecule is O=C(NCCC(=O)N1CCc2sccc2C1c1ccccc1)c1ccc(F)cc1F. The van der Waals surface area contributed by atoms with Gasteiger partial charge in [0.15, 0.2) is 0 Å². The highest BCUT2D eigenvalue weighted by Gasteiger charge is 2.32. The fourth-order valence-corrected chi connectivity index (χ4v) is 4.68. The number of carbonyl (C=O) groups excluding carboxylic acids is 2. The van der Waals surface area contributed by atoms with Crippen LogP contribution in [0.1, 0.15) is 38.8 Å². The number of nitrogens with zero attached hydrogens (tertiary/aromatic N) is 1. The van der Waals surface area contributed by atoms with Crippen molar-refractivity contribution in [2.45, 2.75) is 18.9 Å². The highest BCUT2D eigenvalue weighted by Crippen LogP contribution is 2.37. The Kier molecular flexibility index (Phi) is 5.90. The number of amides is 2. The summed E-state index contributed by atoms with van der Waals surface area (Å²) in [7, 11) is 0. The molecule has 0 saturated carbocycles. The van der Waals surface area contributed by atoms with Crippen LogP contribution in [-0.2, 0) is 11.2 Å². The summed E-state index contributed by atoms with van der Waals surface area (Å²) in [5.74, 6) is -2.42. The summed E-state index contributed by atoms with van der Waals surface area (Å²) >= 11 is 1.70. The highest BCUT2D eigenvalue weighted by molar-refractivity contribution is 7.10. The third-order valence-electron chi connectivity index (χ3n) is 5.20. The molecule has 1 aliphatic rings. The average Bonchev–Trinajstić information content (AvgIpc) is 3.22. The molecule has 1 aliphatic heterocycles. The van der Waals surface area contributed by atoms with Crippen molar-refractivity contribution < 1.29 is 18.4 Å². The summed E-state index contributed by atoms with van der Waals surface area (Å²) in [4.78, 5) is 28.3. The maximum Gasteiger partial charge on any atom is 0.254 e. The van der Waals surface area contributed by atoms with Crippen molar-refractivity contribution in [1.29, 1.82) is 0 Å². The zero-order chi connectivity index (χ0) is 21.1. The molecule has 2 aromatic carbocycles. The number of fused-ring (bicyclic) bond motifs is 1. The highest BCUT2D eigenvalue weighted by atomic mass is 32.1. The molecular weight excluding hydrogens is 406 g/mol. The van der Waals surface area contributed by atoms with E-state index in [0.717, 1.165) is 29.7 Å². The smallest absolute Gasteiger partial charge is 0.254 e. The molecular formula is C23H20F2N2O2S. The lowest BCUT2D eigenvalue weighted by molar-refractivity contribution is -0.133. The van der Waals surface area contributed by atoms with Crippen LogP contribution in [0.4, 0.5) is 8.78 Å². The van der Waals surface area contributed by atoms with Crippen molar-refractivity contribution >= 4 is 23.2 Å². The lowest BCUT2D eigenvalue weighted by Gasteiger charge is -2.36. The van der Waals surface area contributed by atoms with Crippen molar-refractivity contribution in [1.82, 2.24) is 10.2 Å². The van der Waals surface area contributed by atoms with Gasteiger partial charge < -0.3 is 10.2 Å². The minimum Gasteiger partial charge on any atom is -0.351 e. The van der Waals surface area contributed by atoms with E-state index in [1.807, 2.05) is 40.6 Å². The normalized spacial score (nSPS) is 15.5. The number of hydrogen-bond donors (Lipinski definition) is 1. The van der Waals surface area contributed by atoms with Crippen LogP contribution >= 0.6 is 11.3 Å². The third kappa shape index (κ3) is 4.11. The Balaban J connectivity index is 1.44. The van der Waals surface area contributed by atoms with Crippen LogP contribution in [0.2, 0.25) is 0 Å². The molecule has 4 rings (SSSR count). The Morgan fingerprint density at radius 3 is 2.67 bits per heavy atom. The topological polar surface area (TPSA) is 49.4 Å². The van der Waals surface area contributed by atoms with E-state index in [0.29, 0.717) is 12.6 Å². The zero-order valence-corrected chi connectivity index (χ0v) is 16.9. The van der Waals surface area contributed by atoms with Crippen LogP contribution in [0.15, 0.2) is 60.0 Å². The summed E-state index contributed by atoms with van der Waals surface area (Å²) in [6.45, 7) is 0.676. The van der Waals surface area contributed by atoms with E-state index in [4.69, 9.17) is 0 Å². The number of halogens is 2. The van der Waals surface area contributed by atoms with Crippen molar-refractivity contribution in [2.24, 2.45) is 0 Å². The lowest BCUT2D eigenvalue weighted by Crippen LogP contribution is -2.41. The third-order valence-corrected chi connectivity index (χ3v) is 6.20. The zero-order valence-electron chi connectivity index (χ0n) is 16.1. The molecule has 30 heavy (non-hydrogen) atoms. The Labute approximate surface area is 177 Å². The molecule has 0 fully saturated rings. The maximum absolute atomic E-state index is 13.8. The Bertz CT molecular complexity index is 1070. The van der Waals surface area contributed by atoms with Gasteiger partial charge in [-0.05, 0) is 41.1 Å². The summed E-state index contributed by atoms with van der Waals surface area (Å²) in [6, 6.07) is 14.6. The first kappa shape index (κ1) is 20.2. The molecule has 0 saturated heterocycles. The van der Waals surface area contributed by atoms with E-state index >= 15 is 0 Å². The van der Waals surface area contributed by atoms with Gasteiger partial charge in [0.1, 0.15) is 11.6 Å². The van der Waals surface area contributed by atoms with Gasteiger partial charge in [-0.1, -0.05) is 30.3 Å². The summed E-state index contributed by atoms with van der Waals surface area (Å²) in [5, 5.41) is 4.60. The number of rotatable bonds is 5. The second-order valence-electron chi connectivity index (χ2n) is 7.08. The van der Waals surface area contributed by atoms with Crippen LogP contribution in [0.3, 0.4) is 0 Å². The molecule has 0 bridgehead atoms. The second-order valence-corrected chi connectivity index (χ2v) is 8.08. The van der Waals surface area contributed by atoms with Gasteiger partial charge in [-0.2, -0.15) is 0 Å². The summed E-state index contributed by atoms with van der Waals surface area (Å²) in [6.07, 6.45) is 0.895. The molecule has 7 heteroatoms. The predicted molar refractivity (Wildman–Crippen MR) is 111 cm³/mol.